The third-order valence-corrected chi connectivity index (χ3v) is 3.32. The Morgan fingerprint density at radius 3 is 2.55 bits per heavy atom. The number of hydrogen-bond acceptors (Lipinski definition) is 5. The fourth-order valence-corrected chi connectivity index (χ4v) is 2.21. The van der Waals surface area contributed by atoms with Gasteiger partial charge in [0.15, 0.2) is 5.78 Å². The Bertz CT molecular complexity index is 477. The first-order chi connectivity index (χ1) is 9.21. The molecule has 0 aromatic carbocycles. The van der Waals surface area contributed by atoms with Gasteiger partial charge in [0.1, 0.15) is 11.3 Å². The van der Waals surface area contributed by atoms with Crippen LogP contribution >= 0.6 is 11.3 Å². The van der Waals surface area contributed by atoms with Gasteiger partial charge in [0.25, 0.3) is 0 Å². The van der Waals surface area contributed by atoms with Crippen LogP contribution in [0.25, 0.3) is 0 Å². The van der Waals surface area contributed by atoms with Gasteiger partial charge in [0.2, 0.25) is 0 Å². The maximum Gasteiger partial charge on any atom is 0.407 e. The van der Waals surface area contributed by atoms with Crippen LogP contribution in [0.5, 0.6) is 0 Å². The molecule has 1 atom stereocenters. The molecule has 1 rings (SSSR count). The van der Waals surface area contributed by atoms with E-state index in [-0.39, 0.29) is 18.2 Å². The third-order valence-electron chi connectivity index (χ3n) is 2.55. The van der Waals surface area contributed by atoms with Crippen molar-refractivity contribution in [3.05, 3.63) is 16.1 Å². The van der Waals surface area contributed by atoms with Crippen LogP contribution < -0.4 is 5.32 Å². The van der Waals surface area contributed by atoms with Gasteiger partial charge >= 0.3 is 6.09 Å². The van der Waals surface area contributed by atoms with Crippen LogP contribution in [0.2, 0.25) is 0 Å². The van der Waals surface area contributed by atoms with Crippen molar-refractivity contribution < 1.29 is 14.3 Å². The molecule has 0 bridgehead atoms. The Labute approximate surface area is 123 Å². The number of ether oxygens (including phenoxy) is 1. The molecule has 0 aliphatic rings. The van der Waals surface area contributed by atoms with Gasteiger partial charge in [0, 0.05) is 17.8 Å². The number of nitrogens with one attached hydrogen (secondary N) is 1. The number of hydrogen-bond donors (Lipinski definition) is 1. The molecule has 0 saturated heterocycles. The van der Waals surface area contributed by atoms with Crippen LogP contribution in [0, 0.1) is 6.92 Å². The molecule has 0 saturated carbocycles. The van der Waals surface area contributed by atoms with Gasteiger partial charge in [-0.2, -0.15) is 0 Å². The normalized spacial score (nSPS) is 12.8. The topological polar surface area (TPSA) is 68.3 Å². The highest BCUT2D eigenvalue weighted by atomic mass is 32.1. The van der Waals surface area contributed by atoms with Crippen LogP contribution in [0.1, 0.15) is 56.0 Å². The Hall–Kier alpha value is -1.43. The first-order valence-electron chi connectivity index (χ1n) is 6.66. The number of ketones is 1. The Morgan fingerprint density at radius 2 is 2.10 bits per heavy atom. The molecule has 1 N–H and O–H groups in total. The van der Waals surface area contributed by atoms with Crippen LogP contribution in [0.3, 0.4) is 0 Å². The van der Waals surface area contributed by atoms with E-state index in [1.165, 1.54) is 11.3 Å². The third kappa shape index (κ3) is 5.69. The van der Waals surface area contributed by atoms with Gasteiger partial charge < -0.3 is 10.1 Å². The molecule has 112 valence electrons. The van der Waals surface area contributed by atoms with E-state index in [4.69, 9.17) is 4.74 Å². The molecule has 1 heterocycles. The number of nitrogens with zero attached hydrogens (tertiary/aromatic N) is 1. The molecule has 1 aromatic heterocycles. The molecular formula is C14H22N2O3S. The second-order valence-corrected chi connectivity index (χ2v) is 6.69. The summed E-state index contributed by atoms with van der Waals surface area (Å²) in [7, 11) is 0. The molecule has 0 aliphatic carbocycles. The van der Waals surface area contributed by atoms with E-state index in [1.807, 2.05) is 13.8 Å². The van der Waals surface area contributed by atoms with Gasteiger partial charge in [-0.25, -0.2) is 9.78 Å². The van der Waals surface area contributed by atoms with Gasteiger partial charge in [-0.3, -0.25) is 4.79 Å². The van der Waals surface area contributed by atoms with Crippen molar-refractivity contribution in [2.45, 2.75) is 59.1 Å². The van der Waals surface area contributed by atoms with Crippen molar-refractivity contribution in [3.63, 3.8) is 0 Å². The number of rotatable bonds is 5. The van der Waals surface area contributed by atoms with E-state index in [0.717, 1.165) is 5.01 Å². The average molecular weight is 298 g/mol. The molecule has 6 heteroatoms. The van der Waals surface area contributed by atoms with Crippen molar-refractivity contribution in [3.8, 4) is 0 Å². The van der Waals surface area contributed by atoms with Crippen molar-refractivity contribution >= 4 is 23.2 Å². The molecule has 0 radical (unpaired) electrons. The molecule has 1 amide bonds. The fourth-order valence-electron chi connectivity index (χ4n) is 1.59. The highest BCUT2D eigenvalue weighted by Crippen LogP contribution is 2.13. The predicted molar refractivity (Wildman–Crippen MR) is 79.2 cm³/mol. The summed E-state index contributed by atoms with van der Waals surface area (Å²) >= 11 is 1.45. The van der Waals surface area contributed by atoms with Gasteiger partial charge in [-0.1, -0.05) is 6.92 Å². The Morgan fingerprint density at radius 1 is 1.45 bits per heavy atom. The minimum Gasteiger partial charge on any atom is -0.444 e. The zero-order chi connectivity index (χ0) is 15.3. The van der Waals surface area contributed by atoms with E-state index in [1.54, 1.807) is 26.2 Å². The lowest BCUT2D eigenvalue weighted by Crippen LogP contribution is -2.39. The largest absolute Gasteiger partial charge is 0.444 e. The second kappa shape index (κ2) is 6.83. The van der Waals surface area contributed by atoms with Crippen molar-refractivity contribution in [1.29, 1.82) is 0 Å². The number of alkyl carbamates (subject to hydrolysis) is 1. The standard InChI is InChI=1S/C14H22N2O3S/c1-6-10(16-13(18)19-14(3,4)5)7-12(17)11-8-20-9(2)15-11/h8,10H,6-7H2,1-5H3,(H,16,18). The molecule has 0 aliphatic heterocycles. The summed E-state index contributed by atoms with van der Waals surface area (Å²) in [6.07, 6.45) is 0.402. The summed E-state index contributed by atoms with van der Waals surface area (Å²) in [6.45, 7) is 9.18. The first-order valence-corrected chi connectivity index (χ1v) is 7.54. The van der Waals surface area contributed by atoms with E-state index < -0.39 is 11.7 Å². The predicted octanol–water partition coefficient (Wildman–Crippen LogP) is 3.33. The lowest BCUT2D eigenvalue weighted by molar-refractivity contribution is 0.0500. The number of carbonyl (C=O) groups excluding carboxylic acids is 2. The Kier molecular flexibility index (Phi) is 5.68. The SMILES string of the molecule is CCC(CC(=O)c1csc(C)n1)NC(=O)OC(C)(C)C. The smallest absolute Gasteiger partial charge is 0.407 e. The lowest BCUT2D eigenvalue weighted by Gasteiger charge is -2.22. The quantitative estimate of drug-likeness (QED) is 0.847. The molecule has 0 spiro atoms. The van der Waals surface area contributed by atoms with E-state index in [9.17, 15) is 9.59 Å². The van der Waals surface area contributed by atoms with E-state index in [0.29, 0.717) is 12.1 Å². The number of Topliss-reactive ketones (excluding diaryl/α,β-unsaturated/α-hetero) is 1. The maximum absolute atomic E-state index is 12.0. The van der Waals surface area contributed by atoms with Gasteiger partial charge in [-0.15, -0.1) is 11.3 Å². The summed E-state index contributed by atoms with van der Waals surface area (Å²) in [6, 6.07) is -0.237. The minimum atomic E-state index is -0.543. The maximum atomic E-state index is 12.0. The summed E-state index contributed by atoms with van der Waals surface area (Å²) in [4.78, 5) is 27.9. The van der Waals surface area contributed by atoms with Crippen LogP contribution in [-0.4, -0.2) is 28.5 Å². The molecule has 0 fully saturated rings. The molecule has 5 nitrogen and oxygen atoms in total. The molecular weight excluding hydrogens is 276 g/mol. The van der Waals surface area contributed by atoms with Crippen LogP contribution in [-0.2, 0) is 4.74 Å². The summed E-state index contributed by atoms with van der Waals surface area (Å²) < 4.78 is 5.19. The second-order valence-electron chi connectivity index (χ2n) is 5.63. The molecule has 20 heavy (non-hydrogen) atoms. The Balaban J connectivity index is 2.55. The molecule has 1 unspecified atom stereocenters. The highest BCUT2D eigenvalue weighted by molar-refractivity contribution is 7.09. The number of thiazole rings is 1. The van der Waals surface area contributed by atoms with Crippen molar-refractivity contribution in [2.24, 2.45) is 0 Å². The number of aromatic nitrogens is 1. The van der Waals surface area contributed by atoms with Gasteiger partial charge in [-0.05, 0) is 34.1 Å². The number of aryl methyl sites for hydroxylation is 1. The van der Waals surface area contributed by atoms with E-state index in [2.05, 4.69) is 10.3 Å². The first kappa shape index (κ1) is 16.6. The summed E-state index contributed by atoms with van der Waals surface area (Å²) in [5, 5.41) is 5.33. The number of amides is 1. The zero-order valence-electron chi connectivity index (χ0n) is 12.6. The minimum absolute atomic E-state index is 0.0581. The van der Waals surface area contributed by atoms with Gasteiger partial charge in [0.05, 0.1) is 5.01 Å². The number of carbonyl (C=O) groups is 2. The van der Waals surface area contributed by atoms with Crippen LogP contribution in [0.4, 0.5) is 4.79 Å². The van der Waals surface area contributed by atoms with Crippen LogP contribution in [0.15, 0.2) is 5.38 Å². The molecule has 1 aromatic rings. The van der Waals surface area contributed by atoms with E-state index >= 15 is 0 Å². The highest BCUT2D eigenvalue weighted by Gasteiger charge is 2.21. The monoisotopic (exact) mass is 298 g/mol. The summed E-state index contributed by atoms with van der Waals surface area (Å²) in [5.74, 6) is -0.0581. The summed E-state index contributed by atoms with van der Waals surface area (Å²) in [5.41, 5.74) is -0.0739. The van der Waals surface area contributed by atoms with Crippen molar-refractivity contribution in [2.75, 3.05) is 0 Å². The lowest BCUT2D eigenvalue weighted by atomic mass is 10.1. The average Bonchev–Trinajstić information content (AvgIpc) is 2.72. The zero-order valence-corrected chi connectivity index (χ0v) is 13.5. The van der Waals surface area contributed by atoms with Crippen molar-refractivity contribution in [1.82, 2.24) is 10.3 Å². The fraction of sp³-hybridized carbons (Fsp3) is 0.643.